The first kappa shape index (κ1) is 24.2. The molecule has 5 nitrogen and oxygen atoms in total. The van der Waals surface area contributed by atoms with Crippen LogP contribution in [0, 0.1) is 11.8 Å². The minimum absolute atomic E-state index is 0.170. The standard InChI is InChI=1S/C25H31ClN4OS/c1-16(2)14-30(15-17(3)4)25(32)28-23-24(31)29(5)21-12-11-19(26)13-20(21)22(27-23)18-9-7-6-8-10-18/h6-13,16-17,23H,14-15H2,1-5H3,(H,28,32). The molecular weight excluding hydrogens is 440 g/mol. The second-order valence-corrected chi connectivity index (χ2v) is 9.77. The normalized spacial score (nSPS) is 16.0. The lowest BCUT2D eigenvalue weighted by Gasteiger charge is -2.31. The summed E-state index contributed by atoms with van der Waals surface area (Å²) in [6.45, 7) is 10.3. The molecule has 1 atom stereocenters. The van der Waals surface area contributed by atoms with Crippen LogP contribution in [0.4, 0.5) is 5.69 Å². The van der Waals surface area contributed by atoms with E-state index in [4.69, 9.17) is 28.8 Å². The van der Waals surface area contributed by atoms with E-state index in [1.165, 1.54) is 0 Å². The fourth-order valence-electron chi connectivity index (χ4n) is 3.80. The lowest BCUT2D eigenvalue weighted by Crippen LogP contribution is -2.51. The van der Waals surface area contributed by atoms with Crippen molar-refractivity contribution < 1.29 is 4.79 Å². The number of nitrogens with zero attached hydrogens (tertiary/aromatic N) is 3. The number of amides is 1. The Morgan fingerprint density at radius 2 is 1.75 bits per heavy atom. The zero-order chi connectivity index (χ0) is 23.4. The van der Waals surface area contributed by atoms with Gasteiger partial charge in [0, 0.05) is 36.3 Å². The molecular formula is C25H31ClN4OS. The Hall–Kier alpha value is -2.44. The van der Waals surface area contributed by atoms with Crippen LogP contribution < -0.4 is 10.2 Å². The molecule has 170 valence electrons. The van der Waals surface area contributed by atoms with Crippen molar-refractivity contribution in [3.63, 3.8) is 0 Å². The van der Waals surface area contributed by atoms with Crippen LogP contribution in [0.5, 0.6) is 0 Å². The summed E-state index contributed by atoms with van der Waals surface area (Å²) in [6, 6.07) is 15.3. The molecule has 0 aliphatic carbocycles. The topological polar surface area (TPSA) is 47.9 Å². The number of rotatable bonds is 6. The van der Waals surface area contributed by atoms with Crippen molar-refractivity contribution in [1.82, 2.24) is 10.2 Å². The van der Waals surface area contributed by atoms with Gasteiger partial charge in [-0.2, -0.15) is 0 Å². The lowest BCUT2D eigenvalue weighted by molar-refractivity contribution is -0.119. The minimum atomic E-state index is -0.837. The quantitative estimate of drug-likeness (QED) is 0.605. The molecule has 0 aromatic heterocycles. The number of thiocarbonyl (C=S) groups is 1. The summed E-state index contributed by atoms with van der Waals surface area (Å²) in [5.74, 6) is 0.711. The van der Waals surface area contributed by atoms with Gasteiger partial charge in [-0.1, -0.05) is 69.6 Å². The van der Waals surface area contributed by atoms with E-state index in [-0.39, 0.29) is 5.91 Å². The summed E-state index contributed by atoms with van der Waals surface area (Å²) in [6.07, 6.45) is -0.837. The van der Waals surface area contributed by atoms with Gasteiger partial charge in [-0.3, -0.25) is 4.79 Å². The number of carbonyl (C=O) groups excluding carboxylic acids is 1. The van der Waals surface area contributed by atoms with Gasteiger partial charge in [-0.15, -0.1) is 0 Å². The van der Waals surface area contributed by atoms with Gasteiger partial charge in [0.1, 0.15) is 0 Å². The first-order valence-electron chi connectivity index (χ1n) is 10.9. The number of fused-ring (bicyclic) bond motifs is 1. The van der Waals surface area contributed by atoms with Crippen LogP contribution in [-0.2, 0) is 4.79 Å². The van der Waals surface area contributed by atoms with Crippen LogP contribution in [-0.4, -0.2) is 47.9 Å². The van der Waals surface area contributed by atoms with Crippen LogP contribution in [0.15, 0.2) is 53.5 Å². The molecule has 7 heteroatoms. The molecule has 2 aromatic rings. The van der Waals surface area contributed by atoms with Crippen molar-refractivity contribution in [2.24, 2.45) is 16.8 Å². The zero-order valence-electron chi connectivity index (χ0n) is 19.3. The molecule has 1 amide bonds. The van der Waals surface area contributed by atoms with Crippen molar-refractivity contribution in [1.29, 1.82) is 0 Å². The molecule has 1 aliphatic rings. The van der Waals surface area contributed by atoms with Gasteiger partial charge in [-0.25, -0.2) is 4.99 Å². The number of carbonyl (C=O) groups is 1. The third kappa shape index (κ3) is 5.67. The average Bonchev–Trinajstić information content (AvgIpc) is 2.83. The summed E-state index contributed by atoms with van der Waals surface area (Å²) in [5, 5.41) is 4.38. The second-order valence-electron chi connectivity index (χ2n) is 8.95. The Kier molecular flexibility index (Phi) is 7.91. The summed E-state index contributed by atoms with van der Waals surface area (Å²) in [5.41, 5.74) is 3.20. The zero-order valence-corrected chi connectivity index (χ0v) is 20.9. The van der Waals surface area contributed by atoms with E-state index < -0.39 is 6.17 Å². The van der Waals surface area contributed by atoms with Gasteiger partial charge >= 0.3 is 0 Å². The molecule has 1 heterocycles. The van der Waals surface area contributed by atoms with E-state index >= 15 is 0 Å². The van der Waals surface area contributed by atoms with Crippen molar-refractivity contribution in [3.8, 4) is 0 Å². The van der Waals surface area contributed by atoms with E-state index in [2.05, 4.69) is 37.9 Å². The fourth-order valence-corrected chi connectivity index (χ4v) is 4.23. The SMILES string of the molecule is CC(C)CN(CC(C)C)C(=S)NC1N=C(c2ccccc2)c2cc(Cl)ccc2N(C)C1=O. The number of benzene rings is 2. The Morgan fingerprint density at radius 3 is 2.34 bits per heavy atom. The summed E-state index contributed by atoms with van der Waals surface area (Å²) in [4.78, 5) is 22.1. The highest BCUT2D eigenvalue weighted by Gasteiger charge is 2.31. The van der Waals surface area contributed by atoms with Gasteiger partial charge in [0.05, 0.1) is 11.4 Å². The van der Waals surface area contributed by atoms with Crippen LogP contribution in [0.1, 0.15) is 38.8 Å². The first-order valence-corrected chi connectivity index (χ1v) is 11.7. The highest BCUT2D eigenvalue weighted by Crippen LogP contribution is 2.30. The number of halogens is 1. The van der Waals surface area contributed by atoms with E-state index in [1.54, 1.807) is 18.0 Å². The Bertz CT molecular complexity index is 996. The monoisotopic (exact) mass is 470 g/mol. The molecule has 0 fully saturated rings. The van der Waals surface area contributed by atoms with Crippen LogP contribution in [0.3, 0.4) is 0 Å². The molecule has 0 bridgehead atoms. The maximum absolute atomic E-state index is 13.4. The number of nitrogens with one attached hydrogen (secondary N) is 1. The van der Waals surface area contributed by atoms with Crippen molar-refractivity contribution in [2.45, 2.75) is 33.9 Å². The Morgan fingerprint density at radius 1 is 1.12 bits per heavy atom. The van der Waals surface area contributed by atoms with Gasteiger partial charge in [0.2, 0.25) is 6.17 Å². The molecule has 2 aromatic carbocycles. The largest absolute Gasteiger partial charge is 0.349 e. The van der Waals surface area contributed by atoms with E-state index in [0.717, 1.165) is 29.9 Å². The third-order valence-electron chi connectivity index (χ3n) is 5.16. The molecule has 3 rings (SSSR count). The maximum Gasteiger partial charge on any atom is 0.272 e. The van der Waals surface area contributed by atoms with Crippen molar-refractivity contribution >= 4 is 46.2 Å². The highest BCUT2D eigenvalue weighted by atomic mass is 35.5. The van der Waals surface area contributed by atoms with E-state index in [9.17, 15) is 4.79 Å². The lowest BCUT2D eigenvalue weighted by atomic mass is 10.0. The molecule has 1 N–H and O–H groups in total. The Labute approximate surface area is 201 Å². The van der Waals surface area contributed by atoms with Crippen molar-refractivity contribution in [3.05, 3.63) is 64.7 Å². The minimum Gasteiger partial charge on any atom is -0.349 e. The number of hydrogen-bond donors (Lipinski definition) is 1. The average molecular weight is 471 g/mol. The molecule has 1 unspecified atom stereocenters. The molecule has 32 heavy (non-hydrogen) atoms. The first-order chi connectivity index (χ1) is 15.2. The Balaban J connectivity index is 2.03. The third-order valence-corrected chi connectivity index (χ3v) is 5.77. The number of hydrogen-bond acceptors (Lipinski definition) is 3. The van der Waals surface area contributed by atoms with Crippen LogP contribution in [0.25, 0.3) is 0 Å². The maximum atomic E-state index is 13.4. The fraction of sp³-hybridized carbons (Fsp3) is 0.400. The number of aliphatic imine (C=N–C) groups is 1. The molecule has 0 spiro atoms. The second kappa shape index (κ2) is 10.5. The number of anilines is 1. The van der Waals surface area contributed by atoms with Crippen molar-refractivity contribution in [2.75, 3.05) is 25.0 Å². The smallest absolute Gasteiger partial charge is 0.272 e. The van der Waals surface area contributed by atoms with Gasteiger partial charge in [0.15, 0.2) is 5.11 Å². The van der Waals surface area contributed by atoms with Gasteiger partial charge in [-0.05, 0) is 42.3 Å². The van der Waals surface area contributed by atoms with Crippen LogP contribution in [0.2, 0.25) is 5.02 Å². The predicted molar refractivity (Wildman–Crippen MR) is 138 cm³/mol. The van der Waals surface area contributed by atoms with E-state index in [1.807, 2.05) is 42.5 Å². The molecule has 1 aliphatic heterocycles. The number of likely N-dealkylation sites (N-methyl/N-ethyl adjacent to an activating group) is 1. The molecule has 0 saturated heterocycles. The molecule has 0 saturated carbocycles. The van der Waals surface area contributed by atoms with E-state index in [0.29, 0.717) is 27.7 Å². The summed E-state index contributed by atoms with van der Waals surface area (Å²) in [7, 11) is 1.76. The number of benzodiazepines with no additional fused rings is 1. The highest BCUT2D eigenvalue weighted by molar-refractivity contribution is 7.80. The summed E-state index contributed by atoms with van der Waals surface area (Å²) < 4.78 is 0. The predicted octanol–water partition coefficient (Wildman–Crippen LogP) is 4.97. The summed E-state index contributed by atoms with van der Waals surface area (Å²) >= 11 is 12.1. The van der Waals surface area contributed by atoms with Crippen LogP contribution >= 0.6 is 23.8 Å². The molecule has 0 radical (unpaired) electrons. The van der Waals surface area contributed by atoms with Gasteiger partial charge < -0.3 is 15.1 Å². The van der Waals surface area contributed by atoms with Gasteiger partial charge in [0.25, 0.3) is 5.91 Å².